The maximum absolute atomic E-state index is 13.9. The van der Waals surface area contributed by atoms with E-state index in [2.05, 4.69) is 5.32 Å². The smallest absolute Gasteiger partial charge is 0.317 e. The molecule has 1 aliphatic carbocycles. The number of aliphatic carboxylic acids is 1. The van der Waals surface area contributed by atoms with E-state index in [4.69, 9.17) is 5.11 Å². The minimum absolute atomic E-state index is 0.167. The molecule has 0 saturated carbocycles. The third-order valence-electron chi connectivity index (χ3n) is 4.88. The molecule has 5 nitrogen and oxygen atoms in total. The van der Waals surface area contributed by atoms with Crippen molar-refractivity contribution in [3.8, 4) is 0 Å². The van der Waals surface area contributed by atoms with Gasteiger partial charge in [0.2, 0.25) is 0 Å². The third-order valence-corrected chi connectivity index (χ3v) is 4.88. The Morgan fingerprint density at radius 3 is 2.65 bits per heavy atom. The van der Waals surface area contributed by atoms with Gasteiger partial charge in [0, 0.05) is 13.1 Å². The van der Waals surface area contributed by atoms with E-state index >= 15 is 0 Å². The van der Waals surface area contributed by atoms with Crippen molar-refractivity contribution in [1.82, 2.24) is 10.2 Å². The van der Waals surface area contributed by atoms with Gasteiger partial charge in [-0.05, 0) is 49.3 Å². The van der Waals surface area contributed by atoms with Gasteiger partial charge in [-0.25, -0.2) is 9.18 Å². The molecule has 6 heteroatoms. The quantitative estimate of drug-likeness (QED) is 0.880. The molecular formula is C17H21FN2O3. The number of halogens is 1. The summed E-state index contributed by atoms with van der Waals surface area (Å²) in [7, 11) is 0. The Kier molecular flexibility index (Phi) is 4.50. The molecule has 3 rings (SSSR count). The molecule has 1 aliphatic heterocycles. The minimum atomic E-state index is -0.790. The fourth-order valence-corrected chi connectivity index (χ4v) is 3.52. The van der Waals surface area contributed by atoms with Crippen molar-refractivity contribution in [2.45, 2.75) is 38.1 Å². The number of nitrogens with one attached hydrogen (secondary N) is 1. The molecule has 1 aromatic carbocycles. The molecule has 0 bridgehead atoms. The highest BCUT2D eigenvalue weighted by Gasteiger charge is 2.29. The minimum Gasteiger partial charge on any atom is -0.481 e. The zero-order valence-electron chi connectivity index (χ0n) is 12.9. The van der Waals surface area contributed by atoms with Gasteiger partial charge < -0.3 is 15.3 Å². The van der Waals surface area contributed by atoms with Crippen LogP contribution in [0.1, 0.15) is 42.9 Å². The van der Waals surface area contributed by atoms with Crippen LogP contribution in [0.3, 0.4) is 0 Å². The first-order valence-electron chi connectivity index (χ1n) is 8.12. The maximum atomic E-state index is 13.9. The number of carboxylic acid groups (broad SMARTS) is 1. The number of nitrogens with zero attached hydrogens (tertiary/aromatic N) is 1. The van der Waals surface area contributed by atoms with Gasteiger partial charge in [0.1, 0.15) is 5.82 Å². The summed E-state index contributed by atoms with van der Waals surface area (Å²) in [5.74, 6) is -1.35. The van der Waals surface area contributed by atoms with Gasteiger partial charge >= 0.3 is 12.0 Å². The topological polar surface area (TPSA) is 69.6 Å². The molecule has 1 fully saturated rings. The molecule has 0 radical (unpaired) electrons. The predicted octanol–water partition coefficient (Wildman–Crippen LogP) is 2.71. The second-order valence-corrected chi connectivity index (χ2v) is 6.30. The Labute approximate surface area is 134 Å². The van der Waals surface area contributed by atoms with Gasteiger partial charge in [0.05, 0.1) is 12.0 Å². The van der Waals surface area contributed by atoms with Gasteiger partial charge in [-0.3, -0.25) is 4.79 Å². The summed E-state index contributed by atoms with van der Waals surface area (Å²) in [6.45, 7) is 0.900. The summed E-state index contributed by atoms with van der Waals surface area (Å²) in [4.78, 5) is 25.0. The molecule has 2 N–H and O–H groups in total. The number of likely N-dealkylation sites (tertiary alicyclic amines) is 1. The molecule has 2 aliphatic rings. The highest BCUT2D eigenvalue weighted by atomic mass is 19.1. The van der Waals surface area contributed by atoms with Crippen LogP contribution < -0.4 is 5.32 Å². The number of hydrogen-bond acceptors (Lipinski definition) is 2. The Hall–Kier alpha value is -2.11. The van der Waals surface area contributed by atoms with Crippen LogP contribution >= 0.6 is 0 Å². The number of rotatable bonds is 2. The largest absolute Gasteiger partial charge is 0.481 e. The van der Waals surface area contributed by atoms with E-state index < -0.39 is 5.97 Å². The van der Waals surface area contributed by atoms with Crippen molar-refractivity contribution >= 4 is 12.0 Å². The number of benzene rings is 1. The maximum Gasteiger partial charge on any atom is 0.317 e. The van der Waals surface area contributed by atoms with Crippen LogP contribution in [0.5, 0.6) is 0 Å². The van der Waals surface area contributed by atoms with Crippen LogP contribution in [0.4, 0.5) is 9.18 Å². The first-order chi connectivity index (χ1) is 11.1. The average Bonchev–Trinajstić information content (AvgIpc) is 2.56. The van der Waals surface area contributed by atoms with Crippen LogP contribution in [0, 0.1) is 11.7 Å². The lowest BCUT2D eigenvalue weighted by molar-refractivity contribution is -0.143. The zero-order valence-corrected chi connectivity index (χ0v) is 12.9. The average molecular weight is 320 g/mol. The summed E-state index contributed by atoms with van der Waals surface area (Å²) in [6.07, 6.45) is 3.32. The highest BCUT2D eigenvalue weighted by Crippen LogP contribution is 2.31. The Morgan fingerprint density at radius 1 is 1.22 bits per heavy atom. The monoisotopic (exact) mass is 320 g/mol. The van der Waals surface area contributed by atoms with Gasteiger partial charge in [0.15, 0.2) is 0 Å². The number of carbonyl (C=O) groups is 2. The molecule has 1 unspecified atom stereocenters. The number of urea groups is 1. The fraction of sp³-hybridized carbons (Fsp3) is 0.529. The molecule has 1 heterocycles. The summed E-state index contributed by atoms with van der Waals surface area (Å²) >= 11 is 0. The number of piperidine rings is 1. The van der Waals surface area contributed by atoms with E-state index in [1.54, 1.807) is 11.0 Å². The van der Waals surface area contributed by atoms with E-state index in [0.29, 0.717) is 37.9 Å². The first-order valence-corrected chi connectivity index (χ1v) is 8.12. The van der Waals surface area contributed by atoms with Crippen LogP contribution in [0.15, 0.2) is 18.2 Å². The first kappa shape index (κ1) is 15.8. The lowest BCUT2D eigenvalue weighted by Crippen LogP contribution is -2.46. The van der Waals surface area contributed by atoms with Gasteiger partial charge in [0.25, 0.3) is 0 Å². The summed E-state index contributed by atoms with van der Waals surface area (Å²) in [5, 5.41) is 12.0. The Bertz CT molecular complexity index is 612. The van der Waals surface area contributed by atoms with Crippen LogP contribution in [-0.4, -0.2) is 35.1 Å². The second-order valence-electron chi connectivity index (χ2n) is 6.30. The third kappa shape index (κ3) is 3.30. The predicted molar refractivity (Wildman–Crippen MR) is 82.5 cm³/mol. The summed E-state index contributed by atoms with van der Waals surface area (Å²) < 4.78 is 13.9. The van der Waals surface area contributed by atoms with Crippen molar-refractivity contribution in [1.29, 1.82) is 0 Å². The van der Waals surface area contributed by atoms with Crippen LogP contribution in [0.2, 0.25) is 0 Å². The van der Waals surface area contributed by atoms with Gasteiger partial charge in [-0.2, -0.15) is 0 Å². The zero-order chi connectivity index (χ0) is 16.4. The van der Waals surface area contributed by atoms with Crippen molar-refractivity contribution in [3.05, 3.63) is 35.1 Å². The van der Waals surface area contributed by atoms with Gasteiger partial charge in [-0.15, -0.1) is 0 Å². The number of amides is 2. The second kappa shape index (κ2) is 6.56. The molecule has 1 atom stereocenters. The molecule has 1 saturated heterocycles. The molecule has 1 aromatic rings. The van der Waals surface area contributed by atoms with E-state index in [0.717, 1.165) is 18.4 Å². The van der Waals surface area contributed by atoms with Crippen molar-refractivity contribution in [3.63, 3.8) is 0 Å². The lowest BCUT2D eigenvalue weighted by Gasteiger charge is -2.33. The summed E-state index contributed by atoms with van der Waals surface area (Å²) in [5.41, 5.74) is 1.57. The fourth-order valence-electron chi connectivity index (χ4n) is 3.52. The molecule has 23 heavy (non-hydrogen) atoms. The summed E-state index contributed by atoms with van der Waals surface area (Å²) in [6, 6.07) is 4.66. The normalized spacial score (nSPS) is 21.6. The van der Waals surface area contributed by atoms with Gasteiger partial charge in [-0.1, -0.05) is 12.1 Å². The van der Waals surface area contributed by atoms with Crippen molar-refractivity contribution in [2.75, 3.05) is 13.1 Å². The van der Waals surface area contributed by atoms with E-state index in [9.17, 15) is 14.0 Å². The molecule has 0 aromatic heterocycles. The number of fused-ring (bicyclic) bond motifs is 1. The number of carboxylic acids is 1. The molecular weight excluding hydrogens is 299 g/mol. The number of hydrogen-bond donors (Lipinski definition) is 2. The Balaban J connectivity index is 1.64. The molecule has 2 amide bonds. The van der Waals surface area contributed by atoms with E-state index in [-0.39, 0.29) is 23.8 Å². The van der Waals surface area contributed by atoms with E-state index in [1.165, 1.54) is 6.07 Å². The van der Waals surface area contributed by atoms with Crippen LogP contribution in [0.25, 0.3) is 0 Å². The van der Waals surface area contributed by atoms with Crippen molar-refractivity contribution in [2.24, 2.45) is 5.92 Å². The van der Waals surface area contributed by atoms with Crippen LogP contribution in [-0.2, 0) is 11.2 Å². The lowest BCUT2D eigenvalue weighted by atomic mass is 9.87. The molecule has 124 valence electrons. The molecule has 0 spiro atoms. The van der Waals surface area contributed by atoms with E-state index in [1.807, 2.05) is 6.07 Å². The van der Waals surface area contributed by atoms with Crippen molar-refractivity contribution < 1.29 is 19.1 Å². The highest BCUT2D eigenvalue weighted by molar-refractivity contribution is 5.76. The number of carbonyl (C=O) groups excluding carboxylic acids is 1. The SMILES string of the molecule is O=C(O)C1CCN(C(=O)NC2CCCc3c(F)cccc32)CC1. The Morgan fingerprint density at radius 2 is 1.96 bits per heavy atom. The standard InChI is InChI=1S/C17H21FN2O3/c18-14-5-1-4-13-12(14)3-2-6-15(13)19-17(23)20-9-7-11(8-10-20)16(21)22/h1,4-5,11,15H,2-3,6-10H2,(H,19,23)(H,21,22).